The van der Waals surface area contributed by atoms with Gasteiger partial charge in [-0.1, -0.05) is 41.5 Å². The molecule has 1 aliphatic heterocycles. The SMILES string of the molecule is C#Cc1ccc(N2CCc3cccc(C(=O)Nc4nc5ccccc5s4)c3C2)nc1C(=O)OC(C)(C)C. The van der Waals surface area contributed by atoms with Crippen molar-refractivity contribution in [3.63, 3.8) is 0 Å². The van der Waals surface area contributed by atoms with Crippen molar-refractivity contribution in [3.8, 4) is 12.3 Å². The van der Waals surface area contributed by atoms with Crippen LogP contribution in [0.1, 0.15) is 58.3 Å². The Kier molecular flexibility index (Phi) is 6.40. The van der Waals surface area contributed by atoms with E-state index in [1.54, 1.807) is 32.9 Å². The van der Waals surface area contributed by atoms with E-state index in [9.17, 15) is 9.59 Å². The summed E-state index contributed by atoms with van der Waals surface area (Å²) in [5.74, 6) is 2.36. The number of ether oxygens (including phenoxy) is 1. The van der Waals surface area contributed by atoms with Gasteiger partial charge in [0.15, 0.2) is 10.8 Å². The summed E-state index contributed by atoms with van der Waals surface area (Å²) in [6, 6.07) is 17.1. The Labute approximate surface area is 219 Å². The van der Waals surface area contributed by atoms with E-state index in [2.05, 4.69) is 21.2 Å². The third kappa shape index (κ3) is 5.18. The highest BCUT2D eigenvalue weighted by Crippen LogP contribution is 2.29. The molecule has 7 nitrogen and oxygen atoms in total. The van der Waals surface area contributed by atoms with Crippen LogP contribution < -0.4 is 10.2 Å². The fraction of sp³-hybridized carbons (Fsp3) is 0.241. The van der Waals surface area contributed by atoms with Gasteiger partial charge < -0.3 is 9.64 Å². The van der Waals surface area contributed by atoms with E-state index < -0.39 is 11.6 Å². The fourth-order valence-corrected chi connectivity index (χ4v) is 5.16. The standard InChI is InChI=1S/C29H26N4O3S/c1-5-18-13-14-24(31-25(18)27(35)36-29(2,3)4)33-16-15-19-9-8-10-20(21(19)17-33)26(34)32-28-30-22-11-6-7-12-23(22)37-28/h1,6-14H,15-17H2,2-4H3,(H,30,32,34). The number of nitrogens with one attached hydrogen (secondary N) is 1. The van der Waals surface area contributed by atoms with E-state index in [4.69, 9.17) is 11.2 Å². The first kappa shape index (κ1) is 24.5. The van der Waals surface area contributed by atoms with Crippen LogP contribution in [0.25, 0.3) is 10.2 Å². The predicted octanol–water partition coefficient (Wildman–Crippen LogP) is 5.44. The maximum atomic E-state index is 13.3. The van der Waals surface area contributed by atoms with Crippen molar-refractivity contribution in [2.45, 2.75) is 39.3 Å². The molecule has 0 saturated carbocycles. The van der Waals surface area contributed by atoms with Gasteiger partial charge in [-0.05, 0) is 68.7 Å². The second-order valence-electron chi connectivity index (χ2n) is 9.77. The van der Waals surface area contributed by atoms with Gasteiger partial charge in [0.25, 0.3) is 5.91 Å². The zero-order valence-electron chi connectivity index (χ0n) is 20.9. The number of para-hydroxylation sites is 1. The van der Waals surface area contributed by atoms with E-state index >= 15 is 0 Å². The van der Waals surface area contributed by atoms with Gasteiger partial charge in [0, 0.05) is 18.7 Å². The molecular weight excluding hydrogens is 484 g/mol. The number of benzene rings is 2. The smallest absolute Gasteiger partial charge is 0.358 e. The van der Waals surface area contributed by atoms with E-state index in [-0.39, 0.29) is 11.6 Å². The number of carbonyl (C=O) groups excluding carboxylic acids is 2. The van der Waals surface area contributed by atoms with Crippen molar-refractivity contribution in [2.24, 2.45) is 0 Å². The van der Waals surface area contributed by atoms with Crippen molar-refractivity contribution >= 4 is 44.4 Å². The van der Waals surface area contributed by atoms with Crippen LogP contribution in [-0.4, -0.2) is 34.0 Å². The fourth-order valence-electron chi connectivity index (χ4n) is 4.30. The first-order chi connectivity index (χ1) is 17.7. The van der Waals surface area contributed by atoms with E-state index in [1.807, 2.05) is 47.4 Å². The molecule has 8 heteroatoms. The number of carbonyl (C=O) groups is 2. The molecule has 0 bridgehead atoms. The number of terminal acetylenes is 1. The lowest BCUT2D eigenvalue weighted by Crippen LogP contribution is -2.33. The summed E-state index contributed by atoms with van der Waals surface area (Å²) in [5, 5.41) is 3.52. The van der Waals surface area contributed by atoms with Gasteiger partial charge in [-0.15, -0.1) is 6.42 Å². The molecule has 2 aromatic heterocycles. The highest BCUT2D eigenvalue weighted by molar-refractivity contribution is 7.22. The third-order valence-corrected chi connectivity index (χ3v) is 6.94. The Hall–Kier alpha value is -4.22. The number of fused-ring (bicyclic) bond motifs is 2. The lowest BCUT2D eigenvalue weighted by molar-refractivity contribution is 0.00625. The van der Waals surface area contributed by atoms with Gasteiger partial charge in [0.1, 0.15) is 11.4 Å². The summed E-state index contributed by atoms with van der Waals surface area (Å²) in [4.78, 5) is 37.3. The van der Waals surface area contributed by atoms with Crippen molar-refractivity contribution in [3.05, 3.63) is 82.5 Å². The second kappa shape index (κ2) is 9.68. The van der Waals surface area contributed by atoms with Crippen molar-refractivity contribution < 1.29 is 14.3 Å². The number of thiazole rings is 1. The van der Waals surface area contributed by atoms with Gasteiger partial charge >= 0.3 is 5.97 Å². The Bertz CT molecular complexity index is 1530. The molecule has 1 amide bonds. The normalized spacial score (nSPS) is 13.1. The number of aromatic nitrogens is 2. The van der Waals surface area contributed by atoms with Crippen LogP contribution >= 0.6 is 11.3 Å². The maximum Gasteiger partial charge on any atom is 0.358 e. The number of pyridine rings is 1. The average molecular weight is 511 g/mol. The molecule has 2 aromatic carbocycles. The number of hydrogen-bond acceptors (Lipinski definition) is 7. The monoisotopic (exact) mass is 510 g/mol. The third-order valence-electron chi connectivity index (χ3n) is 5.98. The van der Waals surface area contributed by atoms with Gasteiger partial charge in [-0.25, -0.2) is 14.8 Å². The van der Waals surface area contributed by atoms with Crippen LogP contribution in [0.4, 0.5) is 10.9 Å². The summed E-state index contributed by atoms with van der Waals surface area (Å²) in [6.07, 6.45) is 6.36. The predicted molar refractivity (Wildman–Crippen MR) is 146 cm³/mol. The molecule has 0 fully saturated rings. The molecule has 1 N–H and O–H groups in total. The number of rotatable bonds is 4. The number of esters is 1. The van der Waals surface area contributed by atoms with Gasteiger partial charge in [-0.3, -0.25) is 10.1 Å². The molecule has 37 heavy (non-hydrogen) atoms. The highest BCUT2D eigenvalue weighted by atomic mass is 32.1. The van der Waals surface area contributed by atoms with E-state index in [0.29, 0.717) is 35.2 Å². The minimum atomic E-state index is -0.670. The van der Waals surface area contributed by atoms with Crippen LogP contribution in [0.2, 0.25) is 0 Å². The van der Waals surface area contributed by atoms with Crippen molar-refractivity contribution in [2.75, 3.05) is 16.8 Å². The van der Waals surface area contributed by atoms with Crippen LogP contribution in [0, 0.1) is 12.3 Å². The highest BCUT2D eigenvalue weighted by Gasteiger charge is 2.26. The molecule has 5 rings (SSSR count). The zero-order chi connectivity index (χ0) is 26.2. The van der Waals surface area contributed by atoms with Crippen molar-refractivity contribution in [1.29, 1.82) is 0 Å². The maximum absolute atomic E-state index is 13.3. The van der Waals surface area contributed by atoms with Crippen LogP contribution in [0.5, 0.6) is 0 Å². The number of hydrogen-bond donors (Lipinski definition) is 1. The molecule has 0 aliphatic carbocycles. The Morgan fingerprint density at radius 2 is 1.89 bits per heavy atom. The zero-order valence-corrected chi connectivity index (χ0v) is 21.7. The summed E-state index contributed by atoms with van der Waals surface area (Å²) < 4.78 is 6.54. The lowest BCUT2D eigenvalue weighted by atomic mass is 9.94. The largest absolute Gasteiger partial charge is 0.455 e. The molecular formula is C29H26N4O3S. The molecule has 0 unspecified atom stereocenters. The van der Waals surface area contributed by atoms with E-state index in [1.165, 1.54) is 11.3 Å². The van der Waals surface area contributed by atoms with Crippen LogP contribution in [-0.2, 0) is 17.7 Å². The second-order valence-corrected chi connectivity index (χ2v) is 10.8. The number of amides is 1. The molecule has 3 heterocycles. The summed E-state index contributed by atoms with van der Waals surface area (Å²) >= 11 is 1.44. The average Bonchev–Trinajstić information content (AvgIpc) is 3.28. The van der Waals surface area contributed by atoms with Gasteiger partial charge in [0.05, 0.1) is 15.8 Å². The van der Waals surface area contributed by atoms with Crippen LogP contribution in [0.15, 0.2) is 54.6 Å². The molecule has 1 aliphatic rings. The lowest BCUT2D eigenvalue weighted by Gasteiger charge is -2.31. The van der Waals surface area contributed by atoms with Gasteiger partial charge in [-0.2, -0.15) is 0 Å². The quantitative estimate of drug-likeness (QED) is 0.291. The molecule has 0 saturated heterocycles. The molecule has 186 valence electrons. The van der Waals surface area contributed by atoms with Crippen LogP contribution in [0.3, 0.4) is 0 Å². The first-order valence-corrected chi connectivity index (χ1v) is 12.8. The van der Waals surface area contributed by atoms with E-state index in [0.717, 1.165) is 27.8 Å². The summed E-state index contributed by atoms with van der Waals surface area (Å²) in [5.41, 5.74) is 3.31. The Balaban J connectivity index is 1.42. The molecule has 0 atom stereocenters. The molecule has 0 radical (unpaired) electrons. The first-order valence-electron chi connectivity index (χ1n) is 12.0. The number of nitrogens with zero attached hydrogens (tertiary/aromatic N) is 3. The van der Waals surface area contributed by atoms with Gasteiger partial charge in [0.2, 0.25) is 0 Å². The number of anilines is 2. The molecule has 0 spiro atoms. The topological polar surface area (TPSA) is 84.4 Å². The summed E-state index contributed by atoms with van der Waals surface area (Å²) in [6.45, 7) is 6.55. The Morgan fingerprint density at radius 3 is 2.65 bits per heavy atom. The van der Waals surface area contributed by atoms with Crippen molar-refractivity contribution in [1.82, 2.24) is 9.97 Å². The minimum Gasteiger partial charge on any atom is -0.455 e. The summed E-state index contributed by atoms with van der Waals surface area (Å²) in [7, 11) is 0. The Morgan fingerprint density at radius 1 is 1.08 bits per heavy atom. The molecule has 4 aromatic rings. The minimum absolute atomic E-state index is 0.114.